The third-order valence-corrected chi connectivity index (χ3v) is 5.39. The third-order valence-electron chi connectivity index (χ3n) is 4.47. The largest absolute Gasteiger partial charge is 0.386 e. The Balaban J connectivity index is 1.72. The van der Waals surface area contributed by atoms with E-state index in [1.807, 2.05) is 6.07 Å². The molecule has 0 amide bonds. The number of benzene rings is 1. The number of rotatable bonds is 5. The van der Waals surface area contributed by atoms with Gasteiger partial charge in [-0.1, -0.05) is 12.1 Å². The van der Waals surface area contributed by atoms with Crippen molar-refractivity contribution in [2.45, 2.75) is 32.7 Å². The zero-order valence-corrected chi connectivity index (χ0v) is 15.1. The van der Waals surface area contributed by atoms with Gasteiger partial charge < -0.3 is 5.11 Å². The van der Waals surface area contributed by atoms with Crippen molar-refractivity contribution >= 4 is 9.84 Å². The number of aliphatic hydroxyl groups excluding tert-OH is 1. The average Bonchev–Trinajstić information content (AvgIpc) is 2.94. The lowest BCUT2D eigenvalue weighted by atomic mass is 10.1. The SMILES string of the molecule is Cc1c(F)cccc1CN1CCn2nc([C@@H](O)CS(C)(=O)=O)cc2C1. The molecule has 0 unspecified atom stereocenters. The molecule has 1 aromatic carbocycles. The van der Waals surface area contributed by atoms with E-state index >= 15 is 0 Å². The topological polar surface area (TPSA) is 75.4 Å². The van der Waals surface area contributed by atoms with Crippen molar-refractivity contribution in [3.63, 3.8) is 0 Å². The lowest BCUT2D eigenvalue weighted by Crippen LogP contribution is -2.33. The zero-order valence-electron chi connectivity index (χ0n) is 14.3. The number of halogens is 1. The van der Waals surface area contributed by atoms with Gasteiger partial charge in [0.1, 0.15) is 21.8 Å². The van der Waals surface area contributed by atoms with Gasteiger partial charge >= 0.3 is 0 Å². The quantitative estimate of drug-likeness (QED) is 0.865. The molecule has 1 atom stereocenters. The molecule has 1 aliphatic rings. The molecule has 0 radical (unpaired) electrons. The minimum Gasteiger partial charge on any atom is -0.386 e. The van der Waals surface area contributed by atoms with Gasteiger partial charge in [0.15, 0.2) is 0 Å². The number of fused-ring (bicyclic) bond motifs is 1. The standard InChI is InChI=1S/C17H22FN3O3S/c1-12-13(4-3-5-15(12)18)9-20-6-7-21-14(10-20)8-16(19-21)17(22)11-25(2,23)24/h3-5,8,17,22H,6-7,9-11H2,1-2H3/t17-/m0/s1. The van der Waals surface area contributed by atoms with Gasteiger partial charge in [-0.2, -0.15) is 5.10 Å². The molecule has 6 nitrogen and oxygen atoms in total. The maximum atomic E-state index is 13.7. The molecule has 2 aromatic rings. The lowest BCUT2D eigenvalue weighted by molar-refractivity contribution is 0.191. The van der Waals surface area contributed by atoms with Crippen molar-refractivity contribution in [3.05, 3.63) is 52.6 Å². The van der Waals surface area contributed by atoms with E-state index in [2.05, 4.69) is 10.00 Å². The fourth-order valence-electron chi connectivity index (χ4n) is 3.08. The summed E-state index contributed by atoms with van der Waals surface area (Å²) < 4.78 is 38.2. The summed E-state index contributed by atoms with van der Waals surface area (Å²) in [4.78, 5) is 2.19. The highest BCUT2D eigenvalue weighted by atomic mass is 32.2. The monoisotopic (exact) mass is 367 g/mol. The number of aliphatic hydroxyl groups is 1. The van der Waals surface area contributed by atoms with E-state index in [-0.39, 0.29) is 11.6 Å². The van der Waals surface area contributed by atoms with Gasteiger partial charge in [0.05, 0.1) is 23.7 Å². The molecule has 136 valence electrons. The Morgan fingerprint density at radius 3 is 2.84 bits per heavy atom. The molecule has 1 aromatic heterocycles. The highest BCUT2D eigenvalue weighted by Crippen LogP contribution is 2.22. The highest BCUT2D eigenvalue weighted by Gasteiger charge is 2.23. The van der Waals surface area contributed by atoms with E-state index in [0.717, 1.165) is 24.1 Å². The summed E-state index contributed by atoms with van der Waals surface area (Å²) in [6.07, 6.45) is -0.0260. The van der Waals surface area contributed by atoms with Crippen LogP contribution in [0.5, 0.6) is 0 Å². The smallest absolute Gasteiger partial charge is 0.150 e. The van der Waals surface area contributed by atoms with Crippen LogP contribution in [0.1, 0.15) is 28.6 Å². The van der Waals surface area contributed by atoms with Gasteiger partial charge in [0, 0.05) is 25.9 Å². The van der Waals surface area contributed by atoms with Gasteiger partial charge in [-0.15, -0.1) is 0 Å². The van der Waals surface area contributed by atoms with Crippen LogP contribution in [0.15, 0.2) is 24.3 Å². The second-order valence-corrected chi connectivity index (χ2v) is 8.81. The van der Waals surface area contributed by atoms with Crippen LogP contribution in [0.4, 0.5) is 4.39 Å². The van der Waals surface area contributed by atoms with Crippen molar-refractivity contribution in [1.29, 1.82) is 0 Å². The van der Waals surface area contributed by atoms with E-state index in [4.69, 9.17) is 0 Å². The van der Waals surface area contributed by atoms with Gasteiger partial charge in [0.2, 0.25) is 0 Å². The molecule has 3 rings (SSSR count). The Hall–Kier alpha value is -1.77. The molecule has 1 aliphatic heterocycles. The molecular formula is C17H22FN3O3S. The fraction of sp³-hybridized carbons (Fsp3) is 0.471. The average molecular weight is 367 g/mol. The van der Waals surface area contributed by atoms with Gasteiger partial charge in [-0.05, 0) is 30.2 Å². The summed E-state index contributed by atoms with van der Waals surface area (Å²) in [6.45, 7) is 4.44. The minimum absolute atomic E-state index is 0.203. The van der Waals surface area contributed by atoms with Crippen LogP contribution in [-0.4, -0.2) is 46.8 Å². The van der Waals surface area contributed by atoms with Crippen molar-refractivity contribution in [2.75, 3.05) is 18.6 Å². The Labute approximate surface area is 146 Å². The lowest BCUT2D eigenvalue weighted by Gasteiger charge is -2.28. The Bertz CT molecular complexity index is 879. The van der Waals surface area contributed by atoms with E-state index in [1.165, 1.54) is 6.07 Å². The predicted octanol–water partition coefficient (Wildman–Crippen LogP) is 1.42. The summed E-state index contributed by atoms with van der Waals surface area (Å²) in [5.74, 6) is -0.541. The van der Waals surface area contributed by atoms with E-state index in [0.29, 0.717) is 30.9 Å². The van der Waals surface area contributed by atoms with Crippen molar-refractivity contribution in [2.24, 2.45) is 0 Å². The predicted molar refractivity (Wildman–Crippen MR) is 92.1 cm³/mol. The van der Waals surface area contributed by atoms with Crippen LogP contribution >= 0.6 is 0 Å². The minimum atomic E-state index is -3.28. The summed E-state index contributed by atoms with van der Waals surface area (Å²) in [6, 6.07) is 6.84. The van der Waals surface area contributed by atoms with Crippen molar-refractivity contribution in [3.8, 4) is 0 Å². The van der Waals surface area contributed by atoms with Crippen LogP contribution in [0.2, 0.25) is 0 Å². The Kier molecular flexibility index (Phi) is 4.95. The summed E-state index contributed by atoms with van der Waals surface area (Å²) in [5.41, 5.74) is 2.91. The number of hydrogen-bond acceptors (Lipinski definition) is 5. The van der Waals surface area contributed by atoms with Crippen LogP contribution in [0.3, 0.4) is 0 Å². The van der Waals surface area contributed by atoms with Crippen LogP contribution in [-0.2, 0) is 29.5 Å². The first-order valence-corrected chi connectivity index (χ1v) is 10.2. The second kappa shape index (κ2) is 6.86. The molecule has 0 saturated carbocycles. The molecule has 8 heteroatoms. The normalized spacial score (nSPS) is 16.6. The molecule has 1 N–H and O–H groups in total. The van der Waals surface area contributed by atoms with Crippen molar-refractivity contribution < 1.29 is 17.9 Å². The zero-order chi connectivity index (χ0) is 18.2. The van der Waals surface area contributed by atoms with E-state index in [1.54, 1.807) is 23.7 Å². The van der Waals surface area contributed by atoms with E-state index in [9.17, 15) is 17.9 Å². The van der Waals surface area contributed by atoms with Gasteiger partial charge in [0.25, 0.3) is 0 Å². The van der Waals surface area contributed by atoms with Crippen molar-refractivity contribution in [1.82, 2.24) is 14.7 Å². The molecule has 0 saturated heterocycles. The van der Waals surface area contributed by atoms with Crippen LogP contribution in [0, 0.1) is 12.7 Å². The maximum Gasteiger partial charge on any atom is 0.150 e. The van der Waals surface area contributed by atoms with Crippen LogP contribution in [0.25, 0.3) is 0 Å². The van der Waals surface area contributed by atoms with Gasteiger partial charge in [-0.25, -0.2) is 12.8 Å². The molecule has 25 heavy (non-hydrogen) atoms. The first-order chi connectivity index (χ1) is 11.7. The Morgan fingerprint density at radius 1 is 1.36 bits per heavy atom. The first-order valence-electron chi connectivity index (χ1n) is 8.11. The van der Waals surface area contributed by atoms with Crippen LogP contribution < -0.4 is 0 Å². The molecule has 2 heterocycles. The maximum absolute atomic E-state index is 13.7. The second-order valence-electron chi connectivity index (χ2n) is 6.63. The Morgan fingerprint density at radius 2 is 2.12 bits per heavy atom. The third kappa shape index (κ3) is 4.26. The number of hydrogen-bond donors (Lipinski definition) is 1. The number of nitrogens with zero attached hydrogens (tertiary/aromatic N) is 3. The number of aromatic nitrogens is 2. The van der Waals surface area contributed by atoms with Gasteiger partial charge in [-0.3, -0.25) is 9.58 Å². The summed E-state index contributed by atoms with van der Waals surface area (Å²) in [7, 11) is -3.28. The molecule has 0 spiro atoms. The molecule has 0 fully saturated rings. The molecular weight excluding hydrogens is 345 g/mol. The highest BCUT2D eigenvalue weighted by molar-refractivity contribution is 7.90. The molecule has 0 bridgehead atoms. The fourth-order valence-corrected chi connectivity index (χ4v) is 3.82. The summed E-state index contributed by atoms with van der Waals surface area (Å²) in [5, 5.41) is 14.4. The molecule has 0 aliphatic carbocycles. The number of sulfone groups is 1. The first kappa shape index (κ1) is 18.0. The van der Waals surface area contributed by atoms with E-state index < -0.39 is 15.9 Å². The summed E-state index contributed by atoms with van der Waals surface area (Å²) >= 11 is 0.